The van der Waals surface area contributed by atoms with Gasteiger partial charge in [-0.15, -0.1) is 0 Å². The highest BCUT2D eigenvalue weighted by molar-refractivity contribution is 7.99. The monoisotopic (exact) mass is 332 g/mol. The molecule has 1 rings (SSSR count). The van der Waals surface area contributed by atoms with Crippen molar-refractivity contribution in [2.24, 2.45) is 0 Å². The third-order valence-corrected chi connectivity index (χ3v) is 5.60. The molecule has 21 heavy (non-hydrogen) atoms. The number of nitrogens with zero attached hydrogens (tertiary/aromatic N) is 2. The molecule has 8 heteroatoms. The fraction of sp³-hybridized carbons (Fsp3) is 0.538. The molecule has 0 radical (unpaired) electrons. The van der Waals surface area contributed by atoms with E-state index in [1.807, 2.05) is 13.8 Å². The van der Waals surface area contributed by atoms with Gasteiger partial charge >= 0.3 is 0 Å². The predicted octanol–water partition coefficient (Wildman–Crippen LogP) is 2.82. The highest BCUT2D eigenvalue weighted by Crippen LogP contribution is 2.22. The predicted molar refractivity (Wildman–Crippen MR) is 83.5 cm³/mol. The average Bonchev–Trinajstić information content (AvgIpc) is 2.45. The maximum absolute atomic E-state index is 12.5. The first kappa shape index (κ1) is 17.9. The molecule has 6 nitrogen and oxygen atoms in total. The van der Waals surface area contributed by atoms with Gasteiger partial charge in [-0.1, -0.05) is 25.6 Å². The first-order chi connectivity index (χ1) is 9.91. The van der Waals surface area contributed by atoms with Crippen molar-refractivity contribution in [1.29, 1.82) is 0 Å². The van der Waals surface area contributed by atoms with Gasteiger partial charge in [0.1, 0.15) is 0 Å². The third-order valence-electron chi connectivity index (χ3n) is 2.74. The van der Waals surface area contributed by atoms with Gasteiger partial charge in [-0.2, -0.15) is 4.31 Å². The zero-order chi connectivity index (χ0) is 15.9. The lowest BCUT2D eigenvalue weighted by Crippen LogP contribution is -2.32. The SMILES string of the molecule is CCCN(CCC)S(=O)(=O)c1ccc(SC[N+](=O)[O-])cc1. The normalized spacial score (nSPS) is 11.8. The summed E-state index contributed by atoms with van der Waals surface area (Å²) in [4.78, 5) is 10.8. The molecule has 118 valence electrons. The van der Waals surface area contributed by atoms with Crippen LogP contribution in [-0.2, 0) is 10.0 Å². The first-order valence-corrected chi connectivity index (χ1v) is 9.19. The Morgan fingerprint density at radius 3 is 2.10 bits per heavy atom. The molecular weight excluding hydrogens is 312 g/mol. The molecule has 1 aromatic carbocycles. The minimum absolute atomic E-state index is 0.231. The number of hydrogen-bond acceptors (Lipinski definition) is 5. The van der Waals surface area contributed by atoms with E-state index in [0.29, 0.717) is 18.0 Å². The molecule has 1 aromatic rings. The molecule has 0 N–H and O–H groups in total. The van der Waals surface area contributed by atoms with E-state index in [1.165, 1.54) is 16.4 Å². The molecule has 0 spiro atoms. The summed E-state index contributed by atoms with van der Waals surface area (Å²) < 4.78 is 26.5. The molecule has 0 fully saturated rings. The van der Waals surface area contributed by atoms with Crippen molar-refractivity contribution in [3.05, 3.63) is 34.4 Å². The van der Waals surface area contributed by atoms with Crippen molar-refractivity contribution in [3.8, 4) is 0 Å². The summed E-state index contributed by atoms with van der Waals surface area (Å²) >= 11 is 1.07. The van der Waals surface area contributed by atoms with Gasteiger partial charge in [0.05, 0.1) is 4.90 Å². The van der Waals surface area contributed by atoms with Gasteiger partial charge in [-0.05, 0) is 37.1 Å². The van der Waals surface area contributed by atoms with Gasteiger partial charge in [0.15, 0.2) is 0 Å². The Morgan fingerprint density at radius 1 is 1.14 bits per heavy atom. The van der Waals surface area contributed by atoms with Gasteiger partial charge in [-0.25, -0.2) is 8.42 Å². The Kier molecular flexibility index (Phi) is 7.13. The zero-order valence-electron chi connectivity index (χ0n) is 12.2. The van der Waals surface area contributed by atoms with Crippen molar-refractivity contribution < 1.29 is 13.3 Å². The van der Waals surface area contributed by atoms with Crippen LogP contribution in [0.4, 0.5) is 0 Å². The topological polar surface area (TPSA) is 80.5 Å². The maximum Gasteiger partial charge on any atom is 0.253 e. The molecule has 0 amide bonds. The number of thioether (sulfide) groups is 1. The van der Waals surface area contributed by atoms with Crippen LogP contribution in [0.15, 0.2) is 34.1 Å². The molecule has 0 heterocycles. The summed E-state index contributed by atoms with van der Waals surface area (Å²) in [6.45, 7) is 4.87. The molecular formula is C13H20N2O4S2. The molecule has 0 saturated heterocycles. The number of rotatable bonds is 9. The Bertz CT molecular complexity index is 552. The van der Waals surface area contributed by atoms with Crippen molar-refractivity contribution in [1.82, 2.24) is 4.31 Å². The molecule has 0 atom stereocenters. The van der Waals surface area contributed by atoms with Gasteiger partial charge in [-0.3, -0.25) is 10.1 Å². The highest BCUT2D eigenvalue weighted by Gasteiger charge is 2.22. The quantitative estimate of drug-likeness (QED) is 0.301. The third kappa shape index (κ3) is 5.29. The molecule has 0 aromatic heterocycles. The maximum atomic E-state index is 12.5. The Labute approximate surface area is 129 Å². The van der Waals surface area contributed by atoms with Crippen molar-refractivity contribution in [2.45, 2.75) is 36.5 Å². The Hall–Kier alpha value is -1.12. The summed E-state index contributed by atoms with van der Waals surface area (Å²) in [6, 6.07) is 6.24. The van der Waals surface area contributed by atoms with Crippen molar-refractivity contribution in [2.75, 3.05) is 19.0 Å². The highest BCUT2D eigenvalue weighted by atomic mass is 32.2. The van der Waals surface area contributed by atoms with E-state index in [0.717, 1.165) is 24.6 Å². The summed E-state index contributed by atoms with van der Waals surface area (Å²) in [7, 11) is -3.48. The standard InChI is InChI=1S/C13H20N2O4S2/c1-3-9-14(10-4-2)21(18,19)13-7-5-12(6-8-13)20-11-15(16)17/h5-8H,3-4,9-11H2,1-2H3. The molecule has 0 aliphatic rings. The molecule has 0 aliphatic carbocycles. The molecule has 0 bridgehead atoms. The van der Waals surface area contributed by atoms with Gasteiger partial charge < -0.3 is 0 Å². The first-order valence-electron chi connectivity index (χ1n) is 6.76. The summed E-state index contributed by atoms with van der Waals surface area (Å²) in [5, 5.41) is 10.3. The second-order valence-electron chi connectivity index (χ2n) is 4.48. The van der Waals surface area contributed by atoms with Crippen LogP contribution < -0.4 is 0 Å². The minimum Gasteiger partial charge on any atom is -0.264 e. The lowest BCUT2D eigenvalue weighted by molar-refractivity contribution is -0.456. The number of nitro groups is 1. The Morgan fingerprint density at radius 2 is 1.67 bits per heavy atom. The van der Waals surface area contributed by atoms with E-state index < -0.39 is 14.9 Å². The van der Waals surface area contributed by atoms with Crippen LogP contribution in [0.5, 0.6) is 0 Å². The van der Waals surface area contributed by atoms with Gasteiger partial charge in [0.2, 0.25) is 10.0 Å². The smallest absolute Gasteiger partial charge is 0.253 e. The van der Waals surface area contributed by atoms with E-state index >= 15 is 0 Å². The van der Waals surface area contributed by atoms with Crippen LogP contribution in [0.3, 0.4) is 0 Å². The summed E-state index contributed by atoms with van der Waals surface area (Å²) in [5.74, 6) is -0.232. The lowest BCUT2D eigenvalue weighted by Gasteiger charge is -2.21. The second-order valence-corrected chi connectivity index (χ2v) is 7.44. The van der Waals surface area contributed by atoms with Crippen molar-refractivity contribution >= 4 is 21.8 Å². The lowest BCUT2D eigenvalue weighted by atomic mass is 10.4. The van der Waals surface area contributed by atoms with E-state index in [9.17, 15) is 18.5 Å². The number of benzene rings is 1. The fourth-order valence-corrected chi connectivity index (χ4v) is 4.04. The van der Waals surface area contributed by atoms with Gasteiger partial charge in [0, 0.05) is 22.9 Å². The minimum atomic E-state index is -3.48. The fourth-order valence-electron chi connectivity index (χ4n) is 1.84. The van der Waals surface area contributed by atoms with Crippen molar-refractivity contribution in [3.63, 3.8) is 0 Å². The van der Waals surface area contributed by atoms with E-state index in [4.69, 9.17) is 0 Å². The summed E-state index contributed by atoms with van der Waals surface area (Å²) in [5.41, 5.74) is 0. The van der Waals surface area contributed by atoms with Crippen LogP contribution in [0.1, 0.15) is 26.7 Å². The number of hydrogen-bond donors (Lipinski definition) is 0. The van der Waals surface area contributed by atoms with Crippen LogP contribution in [0.2, 0.25) is 0 Å². The van der Waals surface area contributed by atoms with E-state index in [2.05, 4.69) is 0 Å². The molecule has 0 saturated carbocycles. The van der Waals surface area contributed by atoms with E-state index in [1.54, 1.807) is 12.1 Å². The van der Waals surface area contributed by atoms with E-state index in [-0.39, 0.29) is 10.8 Å². The van der Waals surface area contributed by atoms with Gasteiger partial charge in [0.25, 0.3) is 5.88 Å². The van der Waals surface area contributed by atoms with Crippen LogP contribution in [0, 0.1) is 10.1 Å². The number of sulfonamides is 1. The zero-order valence-corrected chi connectivity index (χ0v) is 13.8. The molecule has 0 aliphatic heterocycles. The summed E-state index contributed by atoms with van der Waals surface area (Å²) in [6.07, 6.45) is 1.52. The van der Waals surface area contributed by atoms with Crippen LogP contribution in [0.25, 0.3) is 0 Å². The Balaban J connectivity index is 2.90. The average molecular weight is 332 g/mol. The largest absolute Gasteiger partial charge is 0.264 e. The molecule has 0 unspecified atom stereocenters. The second kappa shape index (κ2) is 8.35. The van der Waals surface area contributed by atoms with Crippen LogP contribution in [-0.4, -0.2) is 36.6 Å². The van der Waals surface area contributed by atoms with Crippen LogP contribution >= 0.6 is 11.8 Å².